The van der Waals surface area contributed by atoms with E-state index >= 15 is 0 Å². The third kappa shape index (κ3) is 7.22. The van der Waals surface area contributed by atoms with E-state index in [1.54, 1.807) is 0 Å². The van der Waals surface area contributed by atoms with E-state index in [2.05, 4.69) is 21.9 Å². The summed E-state index contributed by atoms with van der Waals surface area (Å²) in [7, 11) is 0. The van der Waals surface area contributed by atoms with Crippen LogP contribution in [0.1, 0.15) is 12.7 Å². The predicted molar refractivity (Wildman–Crippen MR) is 93.0 cm³/mol. The van der Waals surface area contributed by atoms with Crippen molar-refractivity contribution in [2.75, 3.05) is 39.5 Å². The highest BCUT2D eigenvalue weighted by Crippen LogP contribution is 2.26. The van der Waals surface area contributed by atoms with E-state index in [0.717, 1.165) is 6.20 Å². The summed E-state index contributed by atoms with van der Waals surface area (Å²) in [5.74, 6) is -2.08. The number of hydrogen-bond acceptors (Lipinski definition) is 7. The molecule has 1 aliphatic rings. The highest BCUT2D eigenvalue weighted by Gasteiger charge is 2.35. The Morgan fingerprint density at radius 2 is 2.21 bits per heavy atom. The fourth-order valence-electron chi connectivity index (χ4n) is 2.28. The van der Waals surface area contributed by atoms with Gasteiger partial charge in [0.05, 0.1) is 19.7 Å². The summed E-state index contributed by atoms with van der Waals surface area (Å²) >= 11 is 0. The lowest BCUT2D eigenvalue weighted by Crippen LogP contribution is -2.51. The van der Waals surface area contributed by atoms with Gasteiger partial charge in [-0.3, -0.25) is 0 Å². The van der Waals surface area contributed by atoms with Gasteiger partial charge in [-0.15, -0.1) is 0 Å². The number of halogens is 3. The van der Waals surface area contributed by atoms with Crippen LogP contribution >= 0.6 is 0 Å². The van der Waals surface area contributed by atoms with Gasteiger partial charge in [0.2, 0.25) is 11.7 Å². The van der Waals surface area contributed by atoms with E-state index in [1.165, 1.54) is 17.9 Å². The Labute approximate surface area is 164 Å². The van der Waals surface area contributed by atoms with E-state index in [9.17, 15) is 22.8 Å². The number of hydrogen-bond donors (Lipinski definition) is 1. The van der Waals surface area contributed by atoms with Crippen LogP contribution in [0.4, 0.5) is 18.0 Å². The fourth-order valence-corrected chi connectivity index (χ4v) is 2.28. The molecule has 0 saturated carbocycles. The highest BCUT2D eigenvalue weighted by molar-refractivity contribution is 5.86. The van der Waals surface area contributed by atoms with Crippen molar-refractivity contribution in [3.63, 3.8) is 0 Å². The first-order chi connectivity index (χ1) is 13.7. The molecule has 12 heteroatoms. The SMILES string of the molecule is C=C(C)C(=O)OCCNC(=O)N1CCOC(COc2ccnc(C(F)(F)F)n2)C1. The molecule has 0 spiro atoms. The molecule has 2 heterocycles. The number of carbonyl (C=O) groups excluding carboxylic acids is 2. The average Bonchev–Trinajstić information content (AvgIpc) is 2.69. The fraction of sp³-hybridized carbons (Fsp3) is 0.529. The minimum atomic E-state index is -4.67. The highest BCUT2D eigenvalue weighted by atomic mass is 19.4. The smallest absolute Gasteiger partial charge is 0.451 e. The monoisotopic (exact) mass is 418 g/mol. The van der Waals surface area contributed by atoms with Crippen LogP contribution in [0.3, 0.4) is 0 Å². The standard InChI is InChI=1S/C17H21F3N4O5/c1-11(2)14(25)28-7-5-22-16(26)24-6-8-27-12(9-24)10-29-13-3-4-21-15(23-13)17(18,19)20/h3-4,12H,1,5-10H2,2H3,(H,22,26). The van der Waals surface area contributed by atoms with Gasteiger partial charge in [0.15, 0.2) is 0 Å². The number of ether oxygens (including phenoxy) is 3. The van der Waals surface area contributed by atoms with E-state index < -0.39 is 24.1 Å². The summed E-state index contributed by atoms with van der Waals surface area (Å²) in [6, 6.07) is 0.820. The Morgan fingerprint density at radius 1 is 1.45 bits per heavy atom. The third-order valence-electron chi connectivity index (χ3n) is 3.69. The first-order valence-electron chi connectivity index (χ1n) is 8.67. The molecule has 0 aromatic carbocycles. The molecular weight excluding hydrogens is 397 g/mol. The van der Waals surface area contributed by atoms with Crippen LogP contribution in [-0.4, -0.2) is 72.4 Å². The molecule has 29 heavy (non-hydrogen) atoms. The van der Waals surface area contributed by atoms with E-state index in [-0.39, 0.29) is 50.4 Å². The van der Waals surface area contributed by atoms with Gasteiger partial charge < -0.3 is 24.4 Å². The zero-order valence-corrected chi connectivity index (χ0v) is 15.7. The van der Waals surface area contributed by atoms with Gasteiger partial charge in [-0.05, 0) is 6.92 Å². The van der Waals surface area contributed by atoms with Crippen LogP contribution < -0.4 is 10.1 Å². The van der Waals surface area contributed by atoms with Crippen molar-refractivity contribution < 1.29 is 37.0 Å². The lowest BCUT2D eigenvalue weighted by Gasteiger charge is -2.32. The zero-order chi connectivity index (χ0) is 21.4. The molecule has 0 aliphatic carbocycles. The quantitative estimate of drug-likeness (QED) is 0.406. The van der Waals surface area contributed by atoms with Gasteiger partial charge in [0.25, 0.3) is 0 Å². The van der Waals surface area contributed by atoms with Crippen LogP contribution in [0.2, 0.25) is 0 Å². The number of alkyl halides is 3. The van der Waals surface area contributed by atoms with Gasteiger partial charge in [-0.1, -0.05) is 6.58 Å². The number of rotatable bonds is 7. The summed E-state index contributed by atoms with van der Waals surface area (Å²) in [6.45, 7) is 5.75. The number of nitrogens with zero attached hydrogens (tertiary/aromatic N) is 3. The van der Waals surface area contributed by atoms with Crippen molar-refractivity contribution in [2.45, 2.75) is 19.2 Å². The summed E-state index contributed by atoms with van der Waals surface area (Å²) in [5, 5.41) is 2.60. The molecule has 9 nitrogen and oxygen atoms in total. The van der Waals surface area contributed by atoms with Crippen LogP contribution in [0, 0.1) is 0 Å². The molecule has 1 aromatic heterocycles. The molecular formula is C17H21F3N4O5. The Balaban J connectivity index is 1.76. The molecule has 1 fully saturated rings. The predicted octanol–water partition coefficient (Wildman–Crippen LogP) is 1.40. The lowest BCUT2D eigenvalue weighted by molar-refractivity contribution is -0.145. The van der Waals surface area contributed by atoms with Crippen molar-refractivity contribution in [3.8, 4) is 5.88 Å². The Bertz CT molecular complexity index is 744. The summed E-state index contributed by atoms with van der Waals surface area (Å²) in [4.78, 5) is 31.3. The molecule has 1 atom stereocenters. The molecule has 0 bridgehead atoms. The maximum absolute atomic E-state index is 12.6. The number of nitrogens with one attached hydrogen (secondary N) is 1. The summed E-state index contributed by atoms with van der Waals surface area (Å²) in [5.41, 5.74) is 0.262. The van der Waals surface area contributed by atoms with E-state index in [1.807, 2.05) is 0 Å². The first-order valence-corrected chi connectivity index (χ1v) is 8.67. The second kappa shape index (κ2) is 10.0. The van der Waals surface area contributed by atoms with Crippen LogP contribution in [-0.2, 0) is 20.4 Å². The van der Waals surface area contributed by atoms with Crippen molar-refractivity contribution in [3.05, 3.63) is 30.2 Å². The molecule has 1 unspecified atom stereocenters. The lowest BCUT2D eigenvalue weighted by atomic mass is 10.3. The largest absolute Gasteiger partial charge is 0.475 e. The minimum Gasteiger partial charge on any atom is -0.475 e. The zero-order valence-electron chi connectivity index (χ0n) is 15.7. The normalized spacial score (nSPS) is 16.8. The second-order valence-corrected chi connectivity index (χ2v) is 6.11. The number of morpholine rings is 1. The molecule has 2 amide bonds. The number of amides is 2. The molecule has 1 aromatic rings. The maximum Gasteiger partial charge on any atom is 0.451 e. The molecule has 0 radical (unpaired) electrons. The topological polar surface area (TPSA) is 103 Å². The molecule has 1 N–H and O–H groups in total. The number of esters is 1. The third-order valence-corrected chi connectivity index (χ3v) is 3.69. The number of urea groups is 1. The maximum atomic E-state index is 12.6. The van der Waals surface area contributed by atoms with E-state index in [0.29, 0.717) is 6.54 Å². The Hall–Kier alpha value is -2.89. The molecule has 1 saturated heterocycles. The van der Waals surface area contributed by atoms with Gasteiger partial charge in [-0.25, -0.2) is 14.6 Å². The van der Waals surface area contributed by atoms with Crippen LogP contribution in [0.25, 0.3) is 0 Å². The van der Waals surface area contributed by atoms with Crippen molar-refractivity contribution in [2.24, 2.45) is 0 Å². The molecule has 2 rings (SSSR count). The number of aromatic nitrogens is 2. The summed E-state index contributed by atoms with van der Waals surface area (Å²) in [6.07, 6.45) is -4.26. The number of carbonyl (C=O) groups is 2. The van der Waals surface area contributed by atoms with Crippen LogP contribution in [0.15, 0.2) is 24.4 Å². The average molecular weight is 418 g/mol. The Kier molecular flexibility index (Phi) is 7.76. The van der Waals surface area contributed by atoms with Crippen molar-refractivity contribution >= 4 is 12.0 Å². The van der Waals surface area contributed by atoms with E-state index in [4.69, 9.17) is 14.2 Å². The van der Waals surface area contributed by atoms with Crippen molar-refractivity contribution in [1.82, 2.24) is 20.2 Å². The second-order valence-electron chi connectivity index (χ2n) is 6.11. The van der Waals surface area contributed by atoms with Gasteiger partial charge >= 0.3 is 18.2 Å². The first kappa shape index (κ1) is 22.4. The van der Waals surface area contributed by atoms with Gasteiger partial charge in [0, 0.05) is 24.4 Å². The van der Waals surface area contributed by atoms with Crippen LogP contribution in [0.5, 0.6) is 5.88 Å². The minimum absolute atomic E-state index is 0.00354. The Morgan fingerprint density at radius 3 is 2.90 bits per heavy atom. The molecule has 160 valence electrons. The molecule has 1 aliphatic heterocycles. The van der Waals surface area contributed by atoms with Gasteiger partial charge in [0.1, 0.15) is 19.3 Å². The van der Waals surface area contributed by atoms with Gasteiger partial charge in [-0.2, -0.15) is 18.2 Å². The summed E-state index contributed by atoms with van der Waals surface area (Å²) < 4.78 is 53.5. The van der Waals surface area contributed by atoms with Crippen molar-refractivity contribution in [1.29, 1.82) is 0 Å².